The standard InChI is InChI=1S/C14H18N4O3S/c19-11-3-6-18(14(21)16-11)9-12(20)17-5-1-2-10(8-17)13-15-4-7-22-13/h4,7,10H,1-3,5-6,8-9H2,(H,16,19,21). The Morgan fingerprint density at radius 1 is 1.41 bits per heavy atom. The number of nitrogens with one attached hydrogen (secondary N) is 1. The van der Waals surface area contributed by atoms with Gasteiger partial charge in [-0.05, 0) is 12.8 Å². The summed E-state index contributed by atoms with van der Waals surface area (Å²) in [6, 6.07) is -0.474. The number of rotatable bonds is 3. The Hall–Kier alpha value is -1.96. The number of urea groups is 1. The summed E-state index contributed by atoms with van der Waals surface area (Å²) in [5, 5.41) is 5.26. The Morgan fingerprint density at radius 2 is 2.27 bits per heavy atom. The maximum absolute atomic E-state index is 12.4. The van der Waals surface area contributed by atoms with Crippen LogP contribution in [0.25, 0.3) is 0 Å². The summed E-state index contributed by atoms with van der Waals surface area (Å²) >= 11 is 1.62. The molecule has 3 rings (SSSR count). The molecule has 8 heteroatoms. The van der Waals surface area contributed by atoms with Gasteiger partial charge in [0.1, 0.15) is 6.54 Å². The predicted octanol–water partition coefficient (Wildman–Crippen LogP) is 0.791. The first-order chi connectivity index (χ1) is 10.6. The summed E-state index contributed by atoms with van der Waals surface area (Å²) in [7, 11) is 0. The molecule has 1 N–H and O–H groups in total. The second-order valence-corrected chi connectivity index (χ2v) is 6.50. The van der Waals surface area contributed by atoms with E-state index < -0.39 is 6.03 Å². The van der Waals surface area contributed by atoms with E-state index in [0.29, 0.717) is 13.1 Å². The summed E-state index contributed by atoms with van der Waals surface area (Å²) in [6.45, 7) is 1.71. The van der Waals surface area contributed by atoms with Crippen LogP contribution in [0.5, 0.6) is 0 Å². The van der Waals surface area contributed by atoms with Crippen LogP contribution in [0.1, 0.15) is 30.2 Å². The van der Waals surface area contributed by atoms with Crippen molar-refractivity contribution in [3.63, 3.8) is 0 Å². The average Bonchev–Trinajstić information content (AvgIpc) is 3.04. The topological polar surface area (TPSA) is 82.6 Å². The number of likely N-dealkylation sites (tertiary alicyclic amines) is 1. The molecule has 0 bridgehead atoms. The Labute approximate surface area is 132 Å². The third kappa shape index (κ3) is 3.27. The molecule has 0 radical (unpaired) electrons. The van der Waals surface area contributed by atoms with Gasteiger partial charge in [-0.25, -0.2) is 9.78 Å². The highest BCUT2D eigenvalue weighted by Gasteiger charge is 2.30. The number of piperidine rings is 1. The van der Waals surface area contributed by atoms with Crippen molar-refractivity contribution in [3.05, 3.63) is 16.6 Å². The second kappa shape index (κ2) is 6.43. The molecule has 118 valence electrons. The molecule has 1 unspecified atom stereocenters. The summed E-state index contributed by atoms with van der Waals surface area (Å²) in [5.74, 6) is -0.0595. The van der Waals surface area contributed by atoms with E-state index in [0.717, 1.165) is 24.4 Å². The van der Waals surface area contributed by atoms with Gasteiger partial charge in [0.15, 0.2) is 0 Å². The molecular formula is C14H18N4O3S. The molecule has 7 nitrogen and oxygen atoms in total. The molecule has 1 atom stereocenters. The fraction of sp³-hybridized carbons (Fsp3) is 0.571. The minimum absolute atomic E-state index is 0.0315. The summed E-state index contributed by atoms with van der Waals surface area (Å²) in [4.78, 5) is 42.8. The number of hydrogen-bond donors (Lipinski definition) is 1. The number of hydrogen-bond acceptors (Lipinski definition) is 5. The molecule has 4 amide bonds. The monoisotopic (exact) mass is 322 g/mol. The van der Waals surface area contributed by atoms with Crippen molar-refractivity contribution < 1.29 is 14.4 Å². The zero-order valence-electron chi connectivity index (χ0n) is 12.2. The zero-order chi connectivity index (χ0) is 15.5. The van der Waals surface area contributed by atoms with Gasteiger partial charge in [-0.2, -0.15) is 0 Å². The van der Waals surface area contributed by atoms with Crippen molar-refractivity contribution in [1.82, 2.24) is 20.1 Å². The lowest BCUT2D eigenvalue weighted by Crippen LogP contribution is -2.53. The van der Waals surface area contributed by atoms with E-state index in [1.165, 1.54) is 4.90 Å². The highest BCUT2D eigenvalue weighted by molar-refractivity contribution is 7.09. The molecule has 2 saturated heterocycles. The van der Waals surface area contributed by atoms with Crippen LogP contribution < -0.4 is 5.32 Å². The van der Waals surface area contributed by atoms with Crippen molar-refractivity contribution in [3.8, 4) is 0 Å². The van der Waals surface area contributed by atoms with E-state index in [4.69, 9.17) is 0 Å². The van der Waals surface area contributed by atoms with E-state index in [1.807, 2.05) is 5.38 Å². The fourth-order valence-corrected chi connectivity index (χ4v) is 3.62. The Bertz CT molecular complexity index is 575. The molecule has 1 aromatic heterocycles. The summed E-state index contributed by atoms with van der Waals surface area (Å²) in [5.41, 5.74) is 0. The number of carbonyl (C=O) groups is 3. The van der Waals surface area contributed by atoms with E-state index in [2.05, 4.69) is 10.3 Å². The third-order valence-corrected chi connectivity index (χ3v) is 4.98. The van der Waals surface area contributed by atoms with Gasteiger partial charge in [0, 0.05) is 43.5 Å². The average molecular weight is 322 g/mol. The zero-order valence-corrected chi connectivity index (χ0v) is 13.0. The Morgan fingerprint density at radius 3 is 3.00 bits per heavy atom. The summed E-state index contributed by atoms with van der Waals surface area (Å²) in [6.07, 6.45) is 4.02. The lowest BCUT2D eigenvalue weighted by atomic mass is 9.98. The summed E-state index contributed by atoms with van der Waals surface area (Å²) < 4.78 is 0. The molecule has 2 aliphatic heterocycles. The van der Waals surface area contributed by atoms with Crippen LogP contribution in [0.15, 0.2) is 11.6 Å². The van der Waals surface area contributed by atoms with Gasteiger partial charge >= 0.3 is 6.03 Å². The molecule has 0 aromatic carbocycles. The maximum Gasteiger partial charge on any atom is 0.324 e. The number of thiazole rings is 1. The van der Waals surface area contributed by atoms with Crippen molar-refractivity contribution in [2.24, 2.45) is 0 Å². The highest BCUT2D eigenvalue weighted by Crippen LogP contribution is 2.28. The van der Waals surface area contributed by atoms with E-state index in [1.54, 1.807) is 22.4 Å². The van der Waals surface area contributed by atoms with Gasteiger partial charge in [0.2, 0.25) is 11.8 Å². The normalized spacial score (nSPS) is 22.6. The van der Waals surface area contributed by atoms with Crippen LogP contribution in [-0.2, 0) is 9.59 Å². The molecule has 0 aliphatic carbocycles. The van der Waals surface area contributed by atoms with Crippen LogP contribution in [0.3, 0.4) is 0 Å². The number of nitrogens with zero attached hydrogens (tertiary/aromatic N) is 3. The van der Waals surface area contributed by atoms with Crippen LogP contribution in [0.4, 0.5) is 4.79 Å². The number of carbonyl (C=O) groups excluding carboxylic acids is 3. The first kappa shape index (κ1) is 15.0. The molecular weight excluding hydrogens is 304 g/mol. The van der Waals surface area contributed by atoms with Crippen molar-refractivity contribution in [2.75, 3.05) is 26.2 Å². The fourth-order valence-electron chi connectivity index (χ4n) is 2.85. The smallest absolute Gasteiger partial charge is 0.324 e. The lowest BCUT2D eigenvalue weighted by Gasteiger charge is -2.34. The molecule has 2 fully saturated rings. The Kier molecular flexibility index (Phi) is 4.37. The molecule has 3 heterocycles. The van der Waals surface area contributed by atoms with Crippen LogP contribution in [0.2, 0.25) is 0 Å². The molecule has 2 aliphatic rings. The maximum atomic E-state index is 12.4. The third-order valence-electron chi connectivity index (χ3n) is 4.04. The van der Waals surface area contributed by atoms with Gasteiger partial charge in [0.25, 0.3) is 0 Å². The minimum Gasteiger partial charge on any atom is -0.340 e. The van der Waals surface area contributed by atoms with E-state index >= 15 is 0 Å². The number of imide groups is 1. The minimum atomic E-state index is -0.474. The van der Waals surface area contributed by atoms with Gasteiger partial charge in [-0.1, -0.05) is 0 Å². The van der Waals surface area contributed by atoms with Crippen LogP contribution in [0, 0.1) is 0 Å². The van der Waals surface area contributed by atoms with Gasteiger partial charge in [-0.15, -0.1) is 11.3 Å². The van der Waals surface area contributed by atoms with E-state index in [9.17, 15) is 14.4 Å². The SMILES string of the molecule is O=C1CCN(CC(=O)N2CCCC(c3nccs3)C2)C(=O)N1. The predicted molar refractivity (Wildman–Crippen MR) is 80.4 cm³/mol. The van der Waals surface area contributed by atoms with Gasteiger partial charge in [-0.3, -0.25) is 14.9 Å². The molecule has 22 heavy (non-hydrogen) atoms. The molecule has 0 spiro atoms. The van der Waals surface area contributed by atoms with Crippen LogP contribution >= 0.6 is 11.3 Å². The number of aromatic nitrogens is 1. The highest BCUT2D eigenvalue weighted by atomic mass is 32.1. The quantitative estimate of drug-likeness (QED) is 0.892. The van der Waals surface area contributed by atoms with Gasteiger partial charge < -0.3 is 9.80 Å². The van der Waals surface area contributed by atoms with Gasteiger partial charge in [0.05, 0.1) is 5.01 Å². The van der Waals surface area contributed by atoms with Crippen LogP contribution in [-0.4, -0.2) is 58.8 Å². The van der Waals surface area contributed by atoms with E-state index in [-0.39, 0.29) is 30.7 Å². The molecule has 1 aromatic rings. The molecule has 0 saturated carbocycles. The number of amides is 4. The van der Waals surface area contributed by atoms with Crippen molar-refractivity contribution in [2.45, 2.75) is 25.2 Å². The first-order valence-electron chi connectivity index (χ1n) is 7.39. The lowest BCUT2D eigenvalue weighted by molar-refractivity contribution is -0.134. The Balaban J connectivity index is 1.58. The second-order valence-electron chi connectivity index (χ2n) is 5.57. The first-order valence-corrected chi connectivity index (χ1v) is 8.27. The largest absolute Gasteiger partial charge is 0.340 e. The van der Waals surface area contributed by atoms with Crippen molar-refractivity contribution >= 4 is 29.2 Å². The van der Waals surface area contributed by atoms with Crippen molar-refractivity contribution in [1.29, 1.82) is 0 Å².